The number of primary sulfonamides is 1. The van der Waals surface area contributed by atoms with Crippen LogP contribution in [0.1, 0.15) is 12.1 Å². The summed E-state index contributed by atoms with van der Waals surface area (Å²) in [5.41, 5.74) is -0.808. The van der Waals surface area contributed by atoms with Gasteiger partial charge in [0.1, 0.15) is 5.69 Å². The minimum Gasteiger partial charge on any atom is -0.494 e. The van der Waals surface area contributed by atoms with Crippen molar-refractivity contribution in [3.63, 3.8) is 0 Å². The van der Waals surface area contributed by atoms with E-state index in [1.807, 2.05) is 0 Å². The Balaban J connectivity index is 3.67. The Morgan fingerprint density at radius 1 is 1.35 bits per heavy atom. The highest BCUT2D eigenvalue weighted by Gasteiger charge is 2.28. The maximum absolute atomic E-state index is 12.6. The normalized spacial score (nSPS) is 11.6. The van der Waals surface area contributed by atoms with Crippen molar-refractivity contribution in [2.75, 3.05) is 14.2 Å². The van der Waals surface area contributed by atoms with Crippen LogP contribution in [0.5, 0.6) is 11.5 Å². The number of halogens is 2. The first kappa shape index (κ1) is 13.6. The monoisotopic (exact) mass is 268 g/mol. The molecule has 0 saturated heterocycles. The number of sulfonamides is 1. The third-order valence-corrected chi connectivity index (χ3v) is 2.85. The maximum Gasteiger partial charge on any atom is 0.284 e. The van der Waals surface area contributed by atoms with E-state index in [2.05, 4.69) is 9.72 Å². The lowest BCUT2D eigenvalue weighted by Crippen LogP contribution is -2.16. The molecule has 0 aliphatic rings. The Morgan fingerprint density at radius 3 is 2.29 bits per heavy atom. The summed E-state index contributed by atoms with van der Waals surface area (Å²) in [6.45, 7) is 0. The fourth-order valence-corrected chi connectivity index (χ4v) is 2.10. The van der Waals surface area contributed by atoms with Gasteiger partial charge in [0.15, 0.2) is 16.4 Å². The van der Waals surface area contributed by atoms with Crippen molar-refractivity contribution in [3.05, 3.63) is 11.9 Å². The van der Waals surface area contributed by atoms with Crippen molar-refractivity contribution in [2.24, 2.45) is 5.14 Å². The molecule has 0 aliphatic heterocycles. The van der Waals surface area contributed by atoms with Gasteiger partial charge in [-0.3, -0.25) is 0 Å². The molecule has 1 aromatic heterocycles. The van der Waals surface area contributed by atoms with Gasteiger partial charge in [0.25, 0.3) is 6.43 Å². The van der Waals surface area contributed by atoms with Crippen molar-refractivity contribution < 1.29 is 26.7 Å². The summed E-state index contributed by atoms with van der Waals surface area (Å²) in [5, 5.41) is 4.92. The van der Waals surface area contributed by atoms with Gasteiger partial charge < -0.3 is 9.47 Å². The lowest BCUT2D eigenvalue weighted by molar-refractivity contribution is 0.140. The molecule has 0 unspecified atom stereocenters. The van der Waals surface area contributed by atoms with Crippen LogP contribution in [0.25, 0.3) is 0 Å². The van der Waals surface area contributed by atoms with Crippen LogP contribution in [-0.4, -0.2) is 27.6 Å². The zero-order valence-corrected chi connectivity index (χ0v) is 9.79. The number of hydrogen-bond acceptors (Lipinski definition) is 5. The predicted octanol–water partition coefficient (Wildman–Crippen LogP) is 0.684. The quantitative estimate of drug-likeness (QED) is 0.867. The molecule has 17 heavy (non-hydrogen) atoms. The summed E-state index contributed by atoms with van der Waals surface area (Å²) in [6, 6.07) is 0. The molecular formula is C8H10F2N2O4S. The number of ether oxygens (including phenoxy) is 2. The van der Waals surface area contributed by atoms with Gasteiger partial charge in [0.2, 0.25) is 10.0 Å². The lowest BCUT2D eigenvalue weighted by Gasteiger charge is -2.13. The number of nitrogens with two attached hydrogens (primary N) is 1. The Labute approximate surface area is 96.4 Å². The second-order valence-corrected chi connectivity index (χ2v) is 4.42. The van der Waals surface area contributed by atoms with E-state index >= 15 is 0 Å². The number of methoxy groups -OCH3 is 2. The van der Waals surface area contributed by atoms with Crippen molar-refractivity contribution in [1.82, 2.24) is 4.98 Å². The van der Waals surface area contributed by atoms with Crippen molar-refractivity contribution in [3.8, 4) is 11.5 Å². The van der Waals surface area contributed by atoms with Crippen LogP contribution in [0.2, 0.25) is 0 Å². The molecule has 0 spiro atoms. The fourth-order valence-electron chi connectivity index (χ4n) is 1.24. The summed E-state index contributed by atoms with van der Waals surface area (Å²) < 4.78 is 57.2. The highest BCUT2D eigenvalue weighted by atomic mass is 32.2. The molecule has 0 bridgehead atoms. The number of rotatable bonds is 4. The lowest BCUT2D eigenvalue weighted by atomic mass is 10.3. The van der Waals surface area contributed by atoms with Crippen LogP contribution in [0, 0.1) is 0 Å². The highest BCUT2D eigenvalue weighted by Crippen LogP contribution is 2.37. The molecule has 0 saturated carbocycles. The SMILES string of the molecule is COc1cnc(C(F)F)c(OC)c1S(N)(=O)=O. The number of aromatic nitrogens is 1. The zero-order chi connectivity index (χ0) is 13.2. The van der Waals surface area contributed by atoms with Gasteiger partial charge >= 0.3 is 0 Å². The minimum absolute atomic E-state index is 0.256. The third kappa shape index (κ3) is 2.61. The molecule has 0 atom stereocenters. The van der Waals surface area contributed by atoms with Gasteiger partial charge in [0, 0.05) is 0 Å². The van der Waals surface area contributed by atoms with Crippen molar-refractivity contribution >= 4 is 10.0 Å². The Morgan fingerprint density at radius 2 is 1.94 bits per heavy atom. The second-order valence-electron chi connectivity index (χ2n) is 2.92. The Kier molecular flexibility index (Phi) is 3.83. The predicted molar refractivity (Wildman–Crippen MR) is 53.7 cm³/mol. The summed E-state index contributed by atoms with van der Waals surface area (Å²) in [7, 11) is -2.07. The van der Waals surface area contributed by atoms with E-state index in [-0.39, 0.29) is 5.75 Å². The fraction of sp³-hybridized carbons (Fsp3) is 0.375. The van der Waals surface area contributed by atoms with E-state index in [1.54, 1.807) is 0 Å². The van der Waals surface area contributed by atoms with Gasteiger partial charge in [-0.25, -0.2) is 27.3 Å². The second kappa shape index (κ2) is 4.80. The van der Waals surface area contributed by atoms with Gasteiger partial charge in [-0.15, -0.1) is 0 Å². The number of pyridine rings is 1. The van der Waals surface area contributed by atoms with E-state index in [0.717, 1.165) is 20.4 Å². The first-order valence-corrected chi connectivity index (χ1v) is 5.79. The van der Waals surface area contributed by atoms with E-state index in [4.69, 9.17) is 9.88 Å². The number of alkyl halides is 2. The smallest absolute Gasteiger partial charge is 0.284 e. The first-order chi connectivity index (χ1) is 7.82. The molecule has 2 N–H and O–H groups in total. The van der Waals surface area contributed by atoms with Crippen molar-refractivity contribution in [1.29, 1.82) is 0 Å². The topological polar surface area (TPSA) is 91.5 Å². The number of nitrogens with zero attached hydrogens (tertiary/aromatic N) is 1. The molecule has 0 amide bonds. The molecular weight excluding hydrogens is 258 g/mol. The van der Waals surface area contributed by atoms with E-state index in [9.17, 15) is 17.2 Å². The Hall–Kier alpha value is -1.48. The third-order valence-electron chi connectivity index (χ3n) is 1.90. The van der Waals surface area contributed by atoms with E-state index in [0.29, 0.717) is 0 Å². The van der Waals surface area contributed by atoms with Gasteiger partial charge in [0.05, 0.1) is 20.4 Å². The molecule has 0 aliphatic carbocycles. The average Bonchev–Trinajstić information content (AvgIpc) is 2.25. The van der Waals surface area contributed by atoms with Gasteiger partial charge in [-0.1, -0.05) is 0 Å². The van der Waals surface area contributed by atoms with Crippen LogP contribution >= 0.6 is 0 Å². The molecule has 9 heteroatoms. The summed E-state index contributed by atoms with van der Waals surface area (Å²) in [6.07, 6.45) is -2.14. The summed E-state index contributed by atoms with van der Waals surface area (Å²) >= 11 is 0. The number of hydrogen-bond donors (Lipinski definition) is 1. The van der Waals surface area contributed by atoms with E-state index < -0.39 is 32.8 Å². The molecule has 1 rings (SSSR count). The highest BCUT2D eigenvalue weighted by molar-refractivity contribution is 7.89. The molecule has 1 heterocycles. The molecule has 96 valence electrons. The van der Waals surface area contributed by atoms with Crippen molar-refractivity contribution in [2.45, 2.75) is 11.3 Å². The van der Waals surface area contributed by atoms with E-state index in [1.165, 1.54) is 0 Å². The van der Waals surface area contributed by atoms with Gasteiger partial charge in [-0.2, -0.15) is 0 Å². The summed E-state index contributed by atoms with van der Waals surface area (Å²) in [4.78, 5) is 2.73. The summed E-state index contributed by atoms with van der Waals surface area (Å²) in [5.74, 6) is -0.865. The van der Waals surface area contributed by atoms with Crippen LogP contribution < -0.4 is 14.6 Å². The molecule has 6 nitrogen and oxygen atoms in total. The Bertz CT molecular complexity index is 519. The molecule has 0 radical (unpaired) electrons. The molecule has 0 aromatic carbocycles. The average molecular weight is 268 g/mol. The minimum atomic E-state index is -4.27. The molecule has 0 fully saturated rings. The van der Waals surface area contributed by atoms with Gasteiger partial charge in [-0.05, 0) is 0 Å². The van der Waals surface area contributed by atoms with Crippen LogP contribution in [0.4, 0.5) is 8.78 Å². The molecule has 1 aromatic rings. The van der Waals surface area contributed by atoms with Crippen LogP contribution in [0.3, 0.4) is 0 Å². The maximum atomic E-state index is 12.6. The standard InChI is InChI=1S/C8H10F2N2O4S/c1-15-4-3-12-5(8(9)10)6(16-2)7(4)17(11,13)14/h3,8H,1-2H3,(H2,11,13,14). The van der Waals surface area contributed by atoms with Crippen LogP contribution in [-0.2, 0) is 10.0 Å². The largest absolute Gasteiger partial charge is 0.494 e. The zero-order valence-electron chi connectivity index (χ0n) is 8.98. The first-order valence-electron chi connectivity index (χ1n) is 4.24. The van der Waals surface area contributed by atoms with Crippen LogP contribution in [0.15, 0.2) is 11.1 Å².